The number of aromatic nitrogens is 3. The van der Waals surface area contributed by atoms with Crippen molar-refractivity contribution in [3.8, 4) is 5.69 Å². The van der Waals surface area contributed by atoms with Gasteiger partial charge in [-0.05, 0) is 49.2 Å². The number of halogens is 2. The number of amides is 2. The van der Waals surface area contributed by atoms with E-state index in [-0.39, 0.29) is 29.1 Å². The number of piperidine rings is 1. The topological polar surface area (TPSA) is 80.1 Å². The first kappa shape index (κ1) is 19.7. The Labute approximate surface area is 171 Å². The van der Waals surface area contributed by atoms with E-state index in [4.69, 9.17) is 0 Å². The molecule has 2 heterocycles. The zero-order chi connectivity index (χ0) is 21.1. The lowest BCUT2D eigenvalue weighted by Crippen LogP contribution is -2.46. The maximum atomic E-state index is 13.4. The second kappa shape index (κ2) is 8.40. The van der Waals surface area contributed by atoms with Gasteiger partial charge in [0.1, 0.15) is 11.6 Å². The normalized spacial score (nSPS) is 14.5. The average Bonchev–Trinajstić information content (AvgIpc) is 3.24. The number of rotatable bonds is 4. The summed E-state index contributed by atoms with van der Waals surface area (Å²) in [6.07, 6.45) is 2.62. The Kier molecular flexibility index (Phi) is 5.51. The van der Waals surface area contributed by atoms with Crippen LogP contribution in [0, 0.1) is 11.6 Å². The highest BCUT2D eigenvalue weighted by Gasteiger charge is 2.26. The van der Waals surface area contributed by atoms with Crippen LogP contribution in [0.1, 0.15) is 33.7 Å². The molecule has 0 saturated carbocycles. The standard InChI is InChI=1S/C21H19F2N5O2/c22-15-4-1-3-14(11-15)20(29)24-17-7-9-27(10-8-17)21(30)19-13-28(26-25-19)18-6-2-5-16(23)12-18/h1-6,11-13,17H,7-10H2,(H,24,29). The molecule has 4 rings (SSSR count). The SMILES string of the molecule is O=C(NC1CCN(C(=O)c2cn(-c3cccc(F)c3)nn2)CC1)c1cccc(F)c1. The Morgan fingerprint density at radius 3 is 2.40 bits per heavy atom. The van der Waals surface area contributed by atoms with Crippen LogP contribution in [-0.2, 0) is 0 Å². The van der Waals surface area contributed by atoms with E-state index in [1.54, 1.807) is 23.1 Å². The highest BCUT2D eigenvalue weighted by atomic mass is 19.1. The Morgan fingerprint density at radius 2 is 1.70 bits per heavy atom. The molecule has 1 saturated heterocycles. The number of carbonyl (C=O) groups excluding carboxylic acids is 2. The van der Waals surface area contributed by atoms with Crippen LogP contribution < -0.4 is 5.32 Å². The van der Waals surface area contributed by atoms with Crippen molar-refractivity contribution in [3.05, 3.63) is 77.6 Å². The molecular formula is C21H19F2N5O2. The van der Waals surface area contributed by atoms with Crippen molar-refractivity contribution < 1.29 is 18.4 Å². The molecule has 9 heteroatoms. The fraction of sp³-hybridized carbons (Fsp3) is 0.238. The molecule has 30 heavy (non-hydrogen) atoms. The van der Waals surface area contributed by atoms with Crippen molar-refractivity contribution >= 4 is 11.8 Å². The maximum absolute atomic E-state index is 13.4. The third kappa shape index (κ3) is 4.35. The van der Waals surface area contributed by atoms with E-state index in [1.165, 1.54) is 41.2 Å². The maximum Gasteiger partial charge on any atom is 0.276 e. The van der Waals surface area contributed by atoms with Gasteiger partial charge in [0.05, 0.1) is 11.9 Å². The predicted molar refractivity (Wildman–Crippen MR) is 104 cm³/mol. The van der Waals surface area contributed by atoms with E-state index in [1.807, 2.05) is 0 Å². The Balaban J connectivity index is 1.34. The molecule has 1 N–H and O–H groups in total. The summed E-state index contributed by atoms with van der Waals surface area (Å²) in [5.41, 5.74) is 0.907. The first-order valence-electron chi connectivity index (χ1n) is 9.53. The first-order chi connectivity index (χ1) is 14.5. The zero-order valence-corrected chi connectivity index (χ0v) is 16.0. The minimum Gasteiger partial charge on any atom is -0.349 e. The second-order valence-electron chi connectivity index (χ2n) is 7.08. The molecule has 0 aliphatic carbocycles. The highest BCUT2D eigenvalue weighted by Crippen LogP contribution is 2.15. The van der Waals surface area contributed by atoms with Gasteiger partial charge in [-0.3, -0.25) is 9.59 Å². The van der Waals surface area contributed by atoms with Gasteiger partial charge in [-0.25, -0.2) is 13.5 Å². The van der Waals surface area contributed by atoms with Crippen LogP contribution in [0.5, 0.6) is 0 Å². The molecular weight excluding hydrogens is 392 g/mol. The number of nitrogens with zero attached hydrogens (tertiary/aromatic N) is 4. The van der Waals surface area contributed by atoms with Crippen LogP contribution in [0.15, 0.2) is 54.7 Å². The first-order valence-corrected chi connectivity index (χ1v) is 9.53. The number of carbonyl (C=O) groups is 2. The number of hydrogen-bond acceptors (Lipinski definition) is 4. The van der Waals surface area contributed by atoms with Crippen LogP contribution in [0.2, 0.25) is 0 Å². The summed E-state index contributed by atoms with van der Waals surface area (Å²) in [4.78, 5) is 26.6. The lowest BCUT2D eigenvalue weighted by molar-refractivity contribution is 0.0692. The molecule has 2 amide bonds. The van der Waals surface area contributed by atoms with Gasteiger partial charge in [0.25, 0.3) is 11.8 Å². The summed E-state index contributed by atoms with van der Waals surface area (Å²) in [7, 11) is 0. The van der Waals surface area contributed by atoms with Gasteiger partial charge in [-0.1, -0.05) is 17.3 Å². The Morgan fingerprint density at radius 1 is 1.00 bits per heavy atom. The van der Waals surface area contributed by atoms with Crippen molar-refractivity contribution in [2.75, 3.05) is 13.1 Å². The van der Waals surface area contributed by atoms with Crippen molar-refractivity contribution in [3.63, 3.8) is 0 Å². The summed E-state index contributed by atoms with van der Waals surface area (Å²) in [6, 6.07) is 11.3. The van der Waals surface area contributed by atoms with Crippen LogP contribution >= 0.6 is 0 Å². The fourth-order valence-corrected chi connectivity index (χ4v) is 3.39. The molecule has 2 aromatic carbocycles. The highest BCUT2D eigenvalue weighted by molar-refractivity contribution is 5.94. The Hall–Kier alpha value is -3.62. The third-order valence-electron chi connectivity index (χ3n) is 4.99. The number of benzene rings is 2. The molecule has 1 aromatic heterocycles. The quantitative estimate of drug-likeness (QED) is 0.716. The van der Waals surface area contributed by atoms with Gasteiger partial charge in [-0.2, -0.15) is 0 Å². The largest absolute Gasteiger partial charge is 0.349 e. The molecule has 0 unspecified atom stereocenters. The van der Waals surface area contributed by atoms with E-state index < -0.39 is 11.6 Å². The minimum atomic E-state index is -0.464. The van der Waals surface area contributed by atoms with Crippen molar-refractivity contribution in [1.82, 2.24) is 25.2 Å². The summed E-state index contributed by atoms with van der Waals surface area (Å²) in [6.45, 7) is 0.888. The van der Waals surface area contributed by atoms with Gasteiger partial charge in [0.2, 0.25) is 0 Å². The third-order valence-corrected chi connectivity index (χ3v) is 4.99. The summed E-state index contributed by atoms with van der Waals surface area (Å²) >= 11 is 0. The van der Waals surface area contributed by atoms with Crippen molar-refractivity contribution in [2.45, 2.75) is 18.9 Å². The van der Waals surface area contributed by atoms with Crippen LogP contribution in [0.3, 0.4) is 0 Å². The molecule has 0 spiro atoms. The van der Waals surface area contributed by atoms with Crippen molar-refractivity contribution in [2.24, 2.45) is 0 Å². The van der Waals surface area contributed by atoms with E-state index in [0.29, 0.717) is 31.6 Å². The molecule has 3 aromatic rings. The second-order valence-corrected chi connectivity index (χ2v) is 7.08. The molecule has 0 atom stereocenters. The predicted octanol–water partition coefficient (Wildman–Crippen LogP) is 2.58. The van der Waals surface area contributed by atoms with Crippen LogP contribution in [0.25, 0.3) is 5.69 Å². The summed E-state index contributed by atoms with van der Waals surface area (Å²) < 4.78 is 28.0. The lowest BCUT2D eigenvalue weighted by atomic mass is 10.0. The van der Waals surface area contributed by atoms with E-state index in [9.17, 15) is 18.4 Å². The molecule has 1 aliphatic heterocycles. The molecule has 1 fully saturated rings. The van der Waals surface area contributed by atoms with Crippen molar-refractivity contribution in [1.29, 1.82) is 0 Å². The molecule has 7 nitrogen and oxygen atoms in total. The van der Waals surface area contributed by atoms with Gasteiger partial charge in [0.15, 0.2) is 5.69 Å². The molecule has 0 bridgehead atoms. The number of likely N-dealkylation sites (tertiary alicyclic amines) is 1. The minimum absolute atomic E-state index is 0.104. The smallest absolute Gasteiger partial charge is 0.276 e. The van der Waals surface area contributed by atoms with E-state index in [0.717, 1.165) is 0 Å². The van der Waals surface area contributed by atoms with Gasteiger partial charge in [0, 0.05) is 24.7 Å². The number of nitrogens with one attached hydrogen (secondary N) is 1. The van der Waals surface area contributed by atoms with Crippen LogP contribution in [-0.4, -0.2) is 50.8 Å². The summed E-state index contributed by atoms with van der Waals surface area (Å²) in [5, 5.41) is 10.7. The number of hydrogen-bond donors (Lipinski definition) is 1. The van der Waals surface area contributed by atoms with Gasteiger partial charge >= 0.3 is 0 Å². The van der Waals surface area contributed by atoms with E-state index in [2.05, 4.69) is 15.6 Å². The molecule has 154 valence electrons. The van der Waals surface area contributed by atoms with Gasteiger partial charge < -0.3 is 10.2 Å². The van der Waals surface area contributed by atoms with E-state index >= 15 is 0 Å². The van der Waals surface area contributed by atoms with Gasteiger partial charge in [-0.15, -0.1) is 5.10 Å². The molecule has 0 radical (unpaired) electrons. The van der Waals surface area contributed by atoms with Crippen LogP contribution in [0.4, 0.5) is 8.78 Å². The zero-order valence-electron chi connectivity index (χ0n) is 16.0. The lowest BCUT2D eigenvalue weighted by Gasteiger charge is -2.31. The summed E-state index contributed by atoms with van der Waals surface area (Å²) in [5.74, 6) is -1.47. The Bertz CT molecular complexity index is 1080. The molecule has 1 aliphatic rings. The monoisotopic (exact) mass is 411 g/mol. The average molecular weight is 411 g/mol. The fourth-order valence-electron chi connectivity index (χ4n) is 3.39.